The number of likely N-dealkylation sites (N-methyl/N-ethyl adjacent to an activating group) is 1. The van der Waals surface area contributed by atoms with Crippen LogP contribution in [0, 0.1) is 12.8 Å². The zero-order valence-electron chi connectivity index (χ0n) is 12.5. The Kier molecular flexibility index (Phi) is 4.65. The van der Waals surface area contributed by atoms with E-state index in [1.807, 2.05) is 24.9 Å². The Balaban J connectivity index is 2.21. The van der Waals surface area contributed by atoms with Crippen LogP contribution in [0.15, 0.2) is 29.2 Å². The van der Waals surface area contributed by atoms with Crippen molar-refractivity contribution in [3.05, 3.63) is 29.8 Å². The van der Waals surface area contributed by atoms with Crippen molar-refractivity contribution in [1.29, 1.82) is 0 Å². The molecule has 1 aromatic rings. The van der Waals surface area contributed by atoms with Gasteiger partial charge in [-0.05, 0) is 31.7 Å². The summed E-state index contributed by atoms with van der Waals surface area (Å²) in [5, 5.41) is 2.59. The van der Waals surface area contributed by atoms with Crippen LogP contribution < -0.4 is 10.0 Å². The highest BCUT2D eigenvalue weighted by molar-refractivity contribution is 7.89. The maximum Gasteiger partial charge on any atom is 0.240 e. The number of carbonyl (C=O) groups excluding carboxylic acids is 1. The summed E-state index contributed by atoms with van der Waals surface area (Å²) in [4.78, 5) is 14.1. The first-order chi connectivity index (χ1) is 9.83. The second-order valence-electron chi connectivity index (χ2n) is 5.49. The Morgan fingerprint density at radius 2 is 2.05 bits per heavy atom. The van der Waals surface area contributed by atoms with Crippen LogP contribution in [-0.4, -0.2) is 52.5 Å². The van der Waals surface area contributed by atoms with Gasteiger partial charge in [-0.3, -0.25) is 4.79 Å². The monoisotopic (exact) mass is 311 g/mol. The normalized spacial score (nSPS) is 23.2. The maximum absolute atomic E-state index is 12.4. The summed E-state index contributed by atoms with van der Waals surface area (Å²) in [5.74, 6) is -0.518. The summed E-state index contributed by atoms with van der Waals surface area (Å²) in [6.45, 7) is 2.90. The Bertz CT molecular complexity index is 630. The van der Waals surface area contributed by atoms with E-state index in [4.69, 9.17) is 0 Å². The van der Waals surface area contributed by atoms with E-state index in [1.165, 1.54) is 0 Å². The Morgan fingerprint density at radius 3 is 2.67 bits per heavy atom. The third kappa shape index (κ3) is 3.61. The number of carbonyl (C=O) groups is 1. The molecule has 1 aromatic carbocycles. The largest absolute Gasteiger partial charge is 0.359 e. The third-order valence-electron chi connectivity index (χ3n) is 3.69. The predicted molar refractivity (Wildman–Crippen MR) is 80.3 cm³/mol. The van der Waals surface area contributed by atoms with Crippen molar-refractivity contribution >= 4 is 15.9 Å². The van der Waals surface area contributed by atoms with E-state index in [1.54, 1.807) is 25.2 Å². The van der Waals surface area contributed by atoms with Crippen molar-refractivity contribution in [3.8, 4) is 0 Å². The molecule has 0 bridgehead atoms. The van der Waals surface area contributed by atoms with E-state index in [9.17, 15) is 13.2 Å². The molecular formula is C14H21N3O3S. The lowest BCUT2D eigenvalue weighted by Crippen LogP contribution is -2.45. The molecule has 0 aromatic heterocycles. The number of sulfonamides is 1. The molecule has 116 valence electrons. The van der Waals surface area contributed by atoms with Gasteiger partial charge in [-0.2, -0.15) is 0 Å². The van der Waals surface area contributed by atoms with Crippen LogP contribution in [-0.2, 0) is 14.8 Å². The lowest BCUT2D eigenvalue weighted by Gasteiger charge is -2.18. The van der Waals surface area contributed by atoms with E-state index >= 15 is 0 Å². The number of hydrogen-bond donors (Lipinski definition) is 2. The smallest absolute Gasteiger partial charge is 0.240 e. The predicted octanol–water partition coefficient (Wildman–Crippen LogP) is -0.0505. The van der Waals surface area contributed by atoms with Crippen LogP contribution >= 0.6 is 0 Å². The first kappa shape index (κ1) is 15.9. The van der Waals surface area contributed by atoms with Gasteiger partial charge in [-0.25, -0.2) is 13.1 Å². The lowest BCUT2D eigenvalue weighted by molar-refractivity contribution is -0.124. The van der Waals surface area contributed by atoms with Gasteiger partial charge in [0.1, 0.15) is 0 Å². The summed E-state index contributed by atoms with van der Waals surface area (Å²) in [6, 6.07) is 6.32. The first-order valence-electron chi connectivity index (χ1n) is 6.82. The zero-order valence-corrected chi connectivity index (χ0v) is 13.3. The van der Waals surface area contributed by atoms with Gasteiger partial charge < -0.3 is 10.2 Å². The van der Waals surface area contributed by atoms with Gasteiger partial charge in [0, 0.05) is 26.2 Å². The molecule has 0 unspecified atom stereocenters. The number of hydrogen-bond acceptors (Lipinski definition) is 4. The lowest BCUT2D eigenvalue weighted by atomic mass is 10.0. The van der Waals surface area contributed by atoms with Crippen LogP contribution in [0.3, 0.4) is 0 Å². The van der Waals surface area contributed by atoms with Gasteiger partial charge in [0.05, 0.1) is 10.8 Å². The van der Waals surface area contributed by atoms with Gasteiger partial charge >= 0.3 is 0 Å². The molecule has 0 spiro atoms. The number of benzene rings is 1. The number of nitrogens with zero attached hydrogens (tertiary/aromatic N) is 1. The number of aryl methyl sites for hydroxylation is 1. The van der Waals surface area contributed by atoms with Crippen molar-refractivity contribution in [3.63, 3.8) is 0 Å². The summed E-state index contributed by atoms with van der Waals surface area (Å²) in [5.41, 5.74) is 0.879. The van der Waals surface area contributed by atoms with Crippen LogP contribution in [0.2, 0.25) is 0 Å². The van der Waals surface area contributed by atoms with Gasteiger partial charge in [-0.15, -0.1) is 0 Å². The minimum absolute atomic E-state index is 0.142. The molecular weight excluding hydrogens is 290 g/mol. The molecule has 1 fully saturated rings. The second-order valence-corrected chi connectivity index (χ2v) is 7.20. The fourth-order valence-corrected chi connectivity index (χ4v) is 3.99. The topological polar surface area (TPSA) is 78.5 Å². The summed E-state index contributed by atoms with van der Waals surface area (Å²) < 4.78 is 27.5. The molecule has 2 atom stereocenters. The number of amides is 1. The average molecular weight is 311 g/mol. The second kappa shape index (κ2) is 6.13. The molecule has 0 aliphatic carbocycles. The molecule has 2 rings (SSSR count). The summed E-state index contributed by atoms with van der Waals surface area (Å²) >= 11 is 0. The van der Waals surface area contributed by atoms with E-state index in [-0.39, 0.29) is 16.7 Å². The third-order valence-corrected chi connectivity index (χ3v) is 5.18. The van der Waals surface area contributed by atoms with Crippen molar-refractivity contribution in [2.24, 2.45) is 5.92 Å². The summed E-state index contributed by atoms with van der Waals surface area (Å²) in [7, 11) is -0.187. The van der Waals surface area contributed by atoms with Crippen molar-refractivity contribution in [2.45, 2.75) is 17.9 Å². The number of rotatable bonds is 4. The standard InChI is InChI=1S/C14H21N3O3S/c1-10-5-4-6-11(7-10)21(19,20)16-13-9-17(3)8-12(13)14(18)15-2/h4-7,12-13,16H,8-9H2,1-3H3,(H,15,18)/t12-,13-/m0/s1. The molecule has 0 radical (unpaired) electrons. The minimum Gasteiger partial charge on any atom is -0.359 e. The highest BCUT2D eigenvalue weighted by Gasteiger charge is 2.38. The first-order valence-corrected chi connectivity index (χ1v) is 8.31. The Labute approximate surface area is 125 Å². The molecule has 6 nitrogen and oxygen atoms in total. The van der Waals surface area contributed by atoms with Crippen molar-refractivity contribution in [1.82, 2.24) is 14.9 Å². The van der Waals surface area contributed by atoms with E-state index in [0.717, 1.165) is 5.56 Å². The highest BCUT2D eigenvalue weighted by Crippen LogP contribution is 2.19. The number of likely N-dealkylation sites (tertiary alicyclic amines) is 1. The Hall–Kier alpha value is -1.44. The molecule has 21 heavy (non-hydrogen) atoms. The zero-order chi connectivity index (χ0) is 15.6. The Morgan fingerprint density at radius 1 is 1.33 bits per heavy atom. The fraction of sp³-hybridized carbons (Fsp3) is 0.500. The van der Waals surface area contributed by atoms with Crippen LogP contribution in [0.4, 0.5) is 0 Å². The fourth-order valence-electron chi connectivity index (χ4n) is 2.62. The minimum atomic E-state index is -3.62. The highest BCUT2D eigenvalue weighted by atomic mass is 32.2. The molecule has 7 heteroatoms. The van der Waals surface area contributed by atoms with Crippen LogP contribution in [0.1, 0.15) is 5.56 Å². The molecule has 1 amide bonds. The van der Waals surface area contributed by atoms with Gasteiger partial charge in [0.25, 0.3) is 0 Å². The SMILES string of the molecule is CNC(=O)[C@H]1CN(C)C[C@@H]1NS(=O)(=O)c1cccc(C)c1. The average Bonchev–Trinajstić information content (AvgIpc) is 2.78. The summed E-state index contributed by atoms with van der Waals surface area (Å²) in [6.07, 6.45) is 0. The van der Waals surface area contributed by atoms with Crippen LogP contribution in [0.5, 0.6) is 0 Å². The van der Waals surface area contributed by atoms with Gasteiger partial charge in [0.2, 0.25) is 15.9 Å². The van der Waals surface area contributed by atoms with E-state index in [2.05, 4.69) is 10.0 Å². The van der Waals surface area contributed by atoms with Crippen molar-refractivity contribution in [2.75, 3.05) is 27.2 Å². The molecule has 1 aliphatic rings. The molecule has 2 N–H and O–H groups in total. The molecule has 0 saturated carbocycles. The maximum atomic E-state index is 12.4. The van der Waals surface area contributed by atoms with Crippen LogP contribution in [0.25, 0.3) is 0 Å². The number of nitrogens with one attached hydrogen (secondary N) is 2. The van der Waals surface area contributed by atoms with E-state index < -0.39 is 16.1 Å². The molecule has 1 aliphatic heterocycles. The quantitative estimate of drug-likeness (QED) is 0.817. The molecule has 1 saturated heterocycles. The van der Waals surface area contributed by atoms with Gasteiger partial charge in [0.15, 0.2) is 0 Å². The molecule has 1 heterocycles. The van der Waals surface area contributed by atoms with Crippen molar-refractivity contribution < 1.29 is 13.2 Å². The van der Waals surface area contributed by atoms with Gasteiger partial charge in [-0.1, -0.05) is 12.1 Å². The van der Waals surface area contributed by atoms with E-state index in [0.29, 0.717) is 13.1 Å².